The molecule has 1 heterocycles. The molecule has 0 unspecified atom stereocenters. The minimum atomic E-state index is -0.759. The summed E-state index contributed by atoms with van der Waals surface area (Å²) in [6.45, 7) is 0. The number of aryl methyl sites for hydroxylation is 1. The average Bonchev–Trinajstić information content (AvgIpc) is 2.96. The van der Waals surface area contributed by atoms with E-state index in [2.05, 4.69) is 5.32 Å². The number of rotatable bonds is 5. The molecule has 1 aromatic heterocycles. The lowest BCUT2D eigenvalue weighted by Gasteiger charge is -2.11. The van der Waals surface area contributed by atoms with Crippen molar-refractivity contribution in [1.29, 1.82) is 0 Å². The molecule has 1 fully saturated rings. The van der Waals surface area contributed by atoms with Crippen LogP contribution in [0.1, 0.15) is 31.2 Å². The van der Waals surface area contributed by atoms with Gasteiger partial charge in [-0.2, -0.15) is 0 Å². The van der Waals surface area contributed by atoms with Crippen LogP contribution in [0.5, 0.6) is 0 Å². The van der Waals surface area contributed by atoms with Gasteiger partial charge in [0.15, 0.2) is 0 Å². The van der Waals surface area contributed by atoms with E-state index in [-0.39, 0.29) is 17.9 Å². The van der Waals surface area contributed by atoms with Gasteiger partial charge in [0, 0.05) is 12.5 Å². The van der Waals surface area contributed by atoms with E-state index in [9.17, 15) is 9.59 Å². The summed E-state index contributed by atoms with van der Waals surface area (Å²) in [5.41, 5.74) is 1.000. The number of aliphatic carboxylic acids is 1. The highest BCUT2D eigenvalue weighted by atomic mass is 16.4. The highest BCUT2D eigenvalue weighted by molar-refractivity contribution is 5.77. The van der Waals surface area contributed by atoms with Crippen molar-refractivity contribution in [1.82, 2.24) is 5.32 Å². The maximum Gasteiger partial charge on any atom is 0.306 e. The van der Waals surface area contributed by atoms with Gasteiger partial charge in [-0.15, -0.1) is 0 Å². The maximum absolute atomic E-state index is 11.7. The lowest BCUT2D eigenvalue weighted by molar-refractivity contribution is -0.141. The minimum Gasteiger partial charge on any atom is -0.481 e. The zero-order valence-electron chi connectivity index (χ0n) is 10.1. The quantitative estimate of drug-likeness (QED) is 0.832. The van der Waals surface area contributed by atoms with Crippen molar-refractivity contribution in [2.75, 3.05) is 0 Å². The highest BCUT2D eigenvalue weighted by Crippen LogP contribution is 2.25. The van der Waals surface area contributed by atoms with Gasteiger partial charge in [0.25, 0.3) is 0 Å². The van der Waals surface area contributed by atoms with Gasteiger partial charge in [-0.1, -0.05) is 0 Å². The van der Waals surface area contributed by atoms with E-state index in [1.54, 1.807) is 12.5 Å². The van der Waals surface area contributed by atoms with Gasteiger partial charge < -0.3 is 14.8 Å². The Labute approximate surface area is 105 Å². The van der Waals surface area contributed by atoms with Gasteiger partial charge in [0.05, 0.1) is 18.4 Å². The third-order valence-electron chi connectivity index (χ3n) is 3.37. The summed E-state index contributed by atoms with van der Waals surface area (Å²) in [5, 5.41) is 11.8. The maximum atomic E-state index is 11.7. The molecule has 0 radical (unpaired) electrons. The minimum absolute atomic E-state index is 0.0166. The van der Waals surface area contributed by atoms with E-state index in [4.69, 9.17) is 9.52 Å². The molecule has 18 heavy (non-hydrogen) atoms. The standard InChI is InChI=1S/C13H17NO4/c15-12(4-1-9-5-6-18-8-9)14-11-3-2-10(7-11)13(16)17/h5-6,8,10-11H,1-4,7H2,(H,14,15)(H,16,17)/t10-,11+/m1/s1. The number of carboxylic acids is 1. The van der Waals surface area contributed by atoms with Gasteiger partial charge in [-0.05, 0) is 37.3 Å². The van der Waals surface area contributed by atoms with Crippen molar-refractivity contribution in [2.45, 2.75) is 38.1 Å². The molecule has 0 bridgehead atoms. The van der Waals surface area contributed by atoms with E-state index in [1.807, 2.05) is 6.07 Å². The molecule has 98 valence electrons. The number of hydrogen-bond acceptors (Lipinski definition) is 3. The van der Waals surface area contributed by atoms with Crippen LogP contribution < -0.4 is 5.32 Å². The summed E-state index contributed by atoms with van der Waals surface area (Å²) >= 11 is 0. The second-order valence-corrected chi connectivity index (χ2v) is 4.74. The van der Waals surface area contributed by atoms with Crippen molar-refractivity contribution >= 4 is 11.9 Å². The molecule has 1 saturated carbocycles. The predicted octanol–water partition coefficient (Wildman–Crippen LogP) is 1.58. The zero-order valence-corrected chi connectivity index (χ0v) is 10.1. The second-order valence-electron chi connectivity index (χ2n) is 4.74. The fourth-order valence-electron chi connectivity index (χ4n) is 2.33. The number of furan rings is 1. The predicted molar refractivity (Wildman–Crippen MR) is 63.9 cm³/mol. The first-order valence-corrected chi connectivity index (χ1v) is 6.18. The molecule has 1 amide bonds. The molecular formula is C13H17NO4. The van der Waals surface area contributed by atoms with Gasteiger partial charge in [0.2, 0.25) is 5.91 Å². The Hall–Kier alpha value is -1.78. The van der Waals surface area contributed by atoms with Crippen molar-refractivity contribution in [3.05, 3.63) is 24.2 Å². The smallest absolute Gasteiger partial charge is 0.306 e. The number of nitrogens with one attached hydrogen (secondary N) is 1. The number of carboxylic acid groups (broad SMARTS) is 1. The van der Waals surface area contributed by atoms with Crippen LogP contribution in [0.2, 0.25) is 0 Å². The van der Waals surface area contributed by atoms with Crippen LogP contribution in [-0.2, 0) is 16.0 Å². The molecule has 5 heteroatoms. The summed E-state index contributed by atoms with van der Waals surface area (Å²) in [5.74, 6) is -1.08. The van der Waals surface area contributed by atoms with E-state index in [1.165, 1.54) is 0 Å². The monoisotopic (exact) mass is 251 g/mol. The first-order chi connectivity index (χ1) is 8.65. The first kappa shape index (κ1) is 12.7. The van der Waals surface area contributed by atoms with Crippen LogP contribution in [-0.4, -0.2) is 23.0 Å². The average molecular weight is 251 g/mol. The summed E-state index contributed by atoms with van der Waals surface area (Å²) in [4.78, 5) is 22.5. The third kappa shape index (κ3) is 3.35. The molecule has 1 aromatic rings. The molecule has 1 aliphatic rings. The Kier molecular flexibility index (Phi) is 4.02. The van der Waals surface area contributed by atoms with Crippen LogP contribution in [0.3, 0.4) is 0 Å². The Bertz CT molecular complexity index is 413. The molecule has 2 atom stereocenters. The van der Waals surface area contributed by atoms with Gasteiger partial charge in [-0.25, -0.2) is 0 Å². The normalized spacial score (nSPS) is 22.9. The largest absolute Gasteiger partial charge is 0.481 e. The van der Waals surface area contributed by atoms with Crippen LogP contribution in [0.15, 0.2) is 23.0 Å². The summed E-state index contributed by atoms with van der Waals surface area (Å²) < 4.78 is 4.92. The number of carbonyl (C=O) groups excluding carboxylic acids is 1. The van der Waals surface area contributed by atoms with Crippen LogP contribution >= 0.6 is 0 Å². The van der Waals surface area contributed by atoms with Crippen LogP contribution in [0.4, 0.5) is 0 Å². The fourth-order valence-corrected chi connectivity index (χ4v) is 2.33. The highest BCUT2D eigenvalue weighted by Gasteiger charge is 2.30. The lowest BCUT2D eigenvalue weighted by atomic mass is 10.1. The summed E-state index contributed by atoms with van der Waals surface area (Å²) in [7, 11) is 0. The van der Waals surface area contributed by atoms with Crippen molar-refractivity contribution in [3.63, 3.8) is 0 Å². The van der Waals surface area contributed by atoms with Gasteiger partial charge in [-0.3, -0.25) is 9.59 Å². The van der Waals surface area contributed by atoms with Crippen LogP contribution in [0, 0.1) is 5.92 Å². The molecule has 0 saturated heterocycles. The van der Waals surface area contributed by atoms with Gasteiger partial charge >= 0.3 is 5.97 Å². The Morgan fingerprint density at radius 1 is 1.44 bits per heavy atom. The van der Waals surface area contributed by atoms with E-state index in [0.717, 1.165) is 12.0 Å². The molecule has 2 rings (SSSR count). The fraction of sp³-hybridized carbons (Fsp3) is 0.538. The summed E-state index contributed by atoms with van der Waals surface area (Å²) in [6, 6.07) is 1.85. The summed E-state index contributed by atoms with van der Waals surface area (Å²) in [6.07, 6.45) is 6.24. The molecular weight excluding hydrogens is 234 g/mol. The third-order valence-corrected chi connectivity index (χ3v) is 3.37. The van der Waals surface area contributed by atoms with Gasteiger partial charge in [0.1, 0.15) is 0 Å². The first-order valence-electron chi connectivity index (χ1n) is 6.18. The molecule has 2 N–H and O–H groups in total. The van der Waals surface area contributed by atoms with Crippen molar-refractivity contribution in [3.8, 4) is 0 Å². The molecule has 1 aliphatic carbocycles. The molecule has 5 nitrogen and oxygen atoms in total. The van der Waals surface area contributed by atoms with E-state index in [0.29, 0.717) is 25.7 Å². The Morgan fingerprint density at radius 2 is 2.28 bits per heavy atom. The van der Waals surface area contributed by atoms with Crippen molar-refractivity contribution < 1.29 is 19.1 Å². The van der Waals surface area contributed by atoms with E-state index >= 15 is 0 Å². The van der Waals surface area contributed by atoms with Crippen molar-refractivity contribution in [2.24, 2.45) is 5.92 Å². The lowest BCUT2D eigenvalue weighted by Crippen LogP contribution is -2.33. The topological polar surface area (TPSA) is 79.5 Å². The number of amides is 1. The SMILES string of the molecule is O=C(CCc1ccoc1)N[C@H]1CC[C@@H](C(=O)O)C1. The molecule has 0 aromatic carbocycles. The Morgan fingerprint density at radius 3 is 2.89 bits per heavy atom. The molecule has 0 aliphatic heterocycles. The van der Waals surface area contributed by atoms with Crippen LogP contribution in [0.25, 0.3) is 0 Å². The Balaban J connectivity index is 1.70. The zero-order chi connectivity index (χ0) is 13.0. The second kappa shape index (κ2) is 5.71. The molecule has 0 spiro atoms. The number of carbonyl (C=O) groups is 2. The number of hydrogen-bond donors (Lipinski definition) is 2. The van der Waals surface area contributed by atoms with E-state index < -0.39 is 5.97 Å².